The highest BCUT2D eigenvalue weighted by atomic mass is 35.5. The zero-order valence-corrected chi connectivity index (χ0v) is 12.9. The first-order valence-corrected chi connectivity index (χ1v) is 7.39. The Bertz CT molecular complexity index is 974. The monoisotopic (exact) mass is 324 g/mol. The van der Waals surface area contributed by atoms with Crippen LogP contribution in [0.1, 0.15) is 32.1 Å². The highest BCUT2D eigenvalue weighted by molar-refractivity contribution is 6.30. The zero-order chi connectivity index (χ0) is 16.1. The van der Waals surface area contributed by atoms with Gasteiger partial charge in [-0.2, -0.15) is 0 Å². The van der Waals surface area contributed by atoms with Crippen molar-refractivity contribution in [2.45, 2.75) is 0 Å². The van der Waals surface area contributed by atoms with E-state index >= 15 is 0 Å². The molecule has 0 bridgehead atoms. The van der Waals surface area contributed by atoms with E-state index in [1.165, 1.54) is 9.36 Å². The number of carbonyl (C=O) groups excluding carboxylic acids is 2. The molecular formula is C17H11ClN3O2+. The first-order valence-electron chi connectivity index (χ1n) is 7.01. The van der Waals surface area contributed by atoms with Gasteiger partial charge in [0.25, 0.3) is 5.69 Å². The third kappa shape index (κ3) is 1.94. The van der Waals surface area contributed by atoms with Crippen LogP contribution in [0.3, 0.4) is 0 Å². The molecule has 5 nitrogen and oxygen atoms in total. The smallest absolute Gasteiger partial charge is 0.256 e. The van der Waals surface area contributed by atoms with E-state index in [1.54, 1.807) is 55.6 Å². The normalized spacial score (nSPS) is 13.0. The summed E-state index contributed by atoms with van der Waals surface area (Å²) in [5, 5.41) is 4.91. The van der Waals surface area contributed by atoms with Crippen molar-refractivity contribution in [2.75, 3.05) is 0 Å². The van der Waals surface area contributed by atoms with E-state index < -0.39 is 0 Å². The highest BCUT2D eigenvalue weighted by Crippen LogP contribution is 2.26. The van der Waals surface area contributed by atoms with E-state index in [-0.39, 0.29) is 17.3 Å². The van der Waals surface area contributed by atoms with Crippen LogP contribution in [0.2, 0.25) is 5.02 Å². The summed E-state index contributed by atoms with van der Waals surface area (Å²) in [6.07, 6.45) is 0. The third-order valence-electron chi connectivity index (χ3n) is 3.90. The number of fused-ring (bicyclic) bond motifs is 2. The lowest BCUT2D eigenvalue weighted by Gasteiger charge is -2.10. The van der Waals surface area contributed by atoms with E-state index in [0.717, 1.165) is 0 Å². The fourth-order valence-corrected chi connectivity index (χ4v) is 2.96. The van der Waals surface area contributed by atoms with Crippen molar-refractivity contribution in [3.63, 3.8) is 0 Å². The first kappa shape index (κ1) is 13.8. The lowest BCUT2D eigenvalue weighted by molar-refractivity contribution is -0.733. The number of benzene rings is 2. The summed E-state index contributed by atoms with van der Waals surface area (Å²) in [5.41, 5.74) is 2.06. The Balaban J connectivity index is 1.99. The maximum atomic E-state index is 12.9. The van der Waals surface area contributed by atoms with Crippen molar-refractivity contribution in [3.05, 3.63) is 76.1 Å². The molecule has 112 valence electrons. The minimum Gasteiger partial charge on any atom is -0.284 e. The van der Waals surface area contributed by atoms with Gasteiger partial charge in [0.15, 0.2) is 5.69 Å². The maximum absolute atomic E-state index is 12.9. The summed E-state index contributed by atoms with van der Waals surface area (Å²) in [5.74, 6) is -0.406. The van der Waals surface area contributed by atoms with Crippen molar-refractivity contribution in [2.24, 2.45) is 7.05 Å². The molecule has 6 heteroatoms. The van der Waals surface area contributed by atoms with Crippen LogP contribution in [-0.4, -0.2) is 21.5 Å². The lowest BCUT2D eigenvalue weighted by atomic mass is 9.90. The summed E-state index contributed by atoms with van der Waals surface area (Å²) in [6, 6.07) is 13.8. The highest BCUT2D eigenvalue weighted by Gasteiger charge is 2.42. The van der Waals surface area contributed by atoms with Crippen LogP contribution in [0.15, 0.2) is 48.5 Å². The van der Waals surface area contributed by atoms with Gasteiger partial charge in [0.05, 0.1) is 5.21 Å². The van der Waals surface area contributed by atoms with Crippen molar-refractivity contribution in [1.82, 2.24) is 9.90 Å². The SMILES string of the molecule is C[n+]1nn(-c2ccc(Cl)cc2)c2c1C(=O)c1ccccc1C2=O. The minimum absolute atomic E-state index is 0.196. The molecule has 2 aromatic carbocycles. The molecule has 1 heterocycles. The predicted molar refractivity (Wildman–Crippen MR) is 83.1 cm³/mol. The van der Waals surface area contributed by atoms with Crippen LogP contribution in [0.25, 0.3) is 5.69 Å². The lowest BCUT2D eigenvalue weighted by Crippen LogP contribution is -2.39. The zero-order valence-electron chi connectivity index (χ0n) is 12.2. The van der Waals surface area contributed by atoms with Gasteiger partial charge in [-0.15, -0.1) is 4.68 Å². The summed E-state index contributed by atoms with van der Waals surface area (Å²) in [4.78, 5) is 25.6. The molecule has 3 aromatic rings. The molecule has 1 aliphatic rings. The maximum Gasteiger partial charge on any atom is 0.256 e. The molecule has 1 aliphatic carbocycles. The number of hydrogen-bond donors (Lipinski definition) is 0. The van der Waals surface area contributed by atoms with Crippen LogP contribution in [0.5, 0.6) is 0 Å². The minimum atomic E-state index is -0.210. The molecule has 0 spiro atoms. The van der Waals surface area contributed by atoms with Crippen LogP contribution in [0.4, 0.5) is 0 Å². The van der Waals surface area contributed by atoms with Crippen molar-refractivity contribution >= 4 is 23.2 Å². The molecule has 0 radical (unpaired) electrons. The number of rotatable bonds is 1. The van der Waals surface area contributed by atoms with Gasteiger partial charge < -0.3 is 0 Å². The van der Waals surface area contributed by atoms with Gasteiger partial charge in [0.1, 0.15) is 7.05 Å². The fourth-order valence-electron chi connectivity index (χ4n) is 2.83. The number of carbonyl (C=O) groups is 2. The second kappa shape index (κ2) is 4.86. The Kier molecular flexibility index (Phi) is 2.92. The van der Waals surface area contributed by atoms with E-state index in [2.05, 4.69) is 5.21 Å². The largest absolute Gasteiger partial charge is 0.284 e. The number of ketones is 2. The molecule has 4 rings (SSSR count). The number of aryl methyl sites for hydroxylation is 1. The van der Waals surface area contributed by atoms with Crippen LogP contribution < -0.4 is 4.68 Å². The molecule has 0 aliphatic heterocycles. The molecule has 0 saturated heterocycles. The Morgan fingerprint density at radius 3 is 2.22 bits per heavy atom. The summed E-state index contributed by atoms with van der Waals surface area (Å²) >= 11 is 5.91. The van der Waals surface area contributed by atoms with Gasteiger partial charge in [0.2, 0.25) is 17.3 Å². The first-order chi connectivity index (χ1) is 11.1. The topological polar surface area (TPSA) is 55.8 Å². The summed E-state index contributed by atoms with van der Waals surface area (Å²) in [7, 11) is 1.66. The van der Waals surface area contributed by atoms with Crippen LogP contribution in [-0.2, 0) is 7.05 Å². The van der Waals surface area contributed by atoms with Crippen molar-refractivity contribution in [1.29, 1.82) is 0 Å². The second-order valence-electron chi connectivity index (χ2n) is 5.30. The predicted octanol–water partition coefficient (Wildman–Crippen LogP) is 2.13. The van der Waals surface area contributed by atoms with Gasteiger partial charge >= 0.3 is 0 Å². The van der Waals surface area contributed by atoms with Gasteiger partial charge in [-0.25, -0.2) is 0 Å². The van der Waals surface area contributed by atoms with Gasteiger partial charge in [-0.3, -0.25) is 9.59 Å². The van der Waals surface area contributed by atoms with E-state index in [1.807, 2.05) is 0 Å². The Hall–Kier alpha value is -2.79. The number of nitrogens with zero attached hydrogens (tertiary/aromatic N) is 3. The molecule has 0 fully saturated rings. The number of hydrogen-bond acceptors (Lipinski definition) is 3. The quantitative estimate of drug-likeness (QED) is 0.504. The Morgan fingerprint density at radius 2 is 1.57 bits per heavy atom. The summed E-state index contributed by atoms with van der Waals surface area (Å²) in [6.45, 7) is 0. The second-order valence-corrected chi connectivity index (χ2v) is 5.74. The van der Waals surface area contributed by atoms with Crippen LogP contribution >= 0.6 is 11.6 Å². The van der Waals surface area contributed by atoms with Crippen LogP contribution in [0, 0.1) is 0 Å². The fraction of sp³-hybridized carbons (Fsp3) is 0.0588. The van der Waals surface area contributed by atoms with E-state index in [9.17, 15) is 9.59 Å². The third-order valence-corrected chi connectivity index (χ3v) is 4.15. The molecular weight excluding hydrogens is 314 g/mol. The van der Waals surface area contributed by atoms with Gasteiger partial charge in [0, 0.05) is 16.1 Å². The molecule has 0 atom stereocenters. The number of halogens is 1. The van der Waals surface area contributed by atoms with Crippen molar-refractivity contribution in [3.8, 4) is 5.69 Å². The van der Waals surface area contributed by atoms with Crippen molar-refractivity contribution < 1.29 is 14.3 Å². The molecule has 1 aromatic heterocycles. The molecule has 0 unspecified atom stereocenters. The van der Waals surface area contributed by atoms with E-state index in [0.29, 0.717) is 27.5 Å². The Morgan fingerprint density at radius 1 is 0.957 bits per heavy atom. The Labute approximate surface area is 136 Å². The van der Waals surface area contributed by atoms with E-state index in [4.69, 9.17) is 11.6 Å². The molecule has 0 amide bonds. The number of aromatic nitrogens is 3. The molecule has 0 N–H and O–H groups in total. The average molecular weight is 325 g/mol. The van der Waals surface area contributed by atoms with Gasteiger partial charge in [-0.05, 0) is 24.3 Å². The average Bonchev–Trinajstić information content (AvgIpc) is 2.91. The molecule has 0 saturated carbocycles. The van der Waals surface area contributed by atoms with Gasteiger partial charge in [-0.1, -0.05) is 40.5 Å². The molecule has 23 heavy (non-hydrogen) atoms. The standard InChI is InChI=1S/C17H11ClN3O2/c1-20-14-15(21(19-20)11-8-6-10(18)7-9-11)17(23)13-5-3-2-4-12(13)16(14)22/h2-9H,1H3/q+1. The summed E-state index contributed by atoms with van der Waals surface area (Å²) < 4.78 is 2.93.